The molecule has 0 spiro atoms. The number of rotatable bonds is 9. The number of esters is 1. The van der Waals surface area contributed by atoms with E-state index in [2.05, 4.69) is 9.71 Å². The van der Waals surface area contributed by atoms with E-state index < -0.39 is 32.5 Å². The Bertz CT molecular complexity index is 869. The van der Waals surface area contributed by atoms with Gasteiger partial charge in [-0.3, -0.25) is 4.79 Å². The van der Waals surface area contributed by atoms with Crippen LogP contribution in [0.3, 0.4) is 0 Å². The number of carbonyl (C=O) groups excluding carboxylic acids is 1. The summed E-state index contributed by atoms with van der Waals surface area (Å²) in [5.74, 6) is -3.00. The van der Waals surface area contributed by atoms with Crippen LogP contribution in [0.4, 0.5) is 8.78 Å². The Morgan fingerprint density at radius 3 is 2.77 bits per heavy atom. The van der Waals surface area contributed by atoms with Crippen molar-refractivity contribution >= 4 is 27.3 Å². The van der Waals surface area contributed by atoms with Gasteiger partial charge in [0.2, 0.25) is 10.0 Å². The molecule has 1 aromatic heterocycles. The minimum Gasteiger partial charge on any atom is -0.459 e. The molecule has 0 aliphatic carbocycles. The highest BCUT2D eigenvalue weighted by atomic mass is 32.2. The molecule has 0 fully saturated rings. The van der Waals surface area contributed by atoms with Crippen molar-refractivity contribution in [3.63, 3.8) is 0 Å². The van der Waals surface area contributed by atoms with Gasteiger partial charge in [-0.05, 0) is 31.0 Å². The van der Waals surface area contributed by atoms with Crippen LogP contribution < -0.4 is 4.72 Å². The molecule has 0 saturated carbocycles. The molecule has 1 N–H and O–H groups in total. The van der Waals surface area contributed by atoms with E-state index in [0.717, 1.165) is 30.0 Å². The molecule has 6 nitrogen and oxygen atoms in total. The molecular formula is C16H18F2N2O4S2. The van der Waals surface area contributed by atoms with Crippen molar-refractivity contribution in [2.24, 2.45) is 0 Å². The number of ether oxygens (including phenoxy) is 1. The molecule has 0 amide bonds. The fraction of sp³-hybridized carbons (Fsp3) is 0.375. The van der Waals surface area contributed by atoms with Gasteiger partial charge in [0.25, 0.3) is 0 Å². The van der Waals surface area contributed by atoms with E-state index in [9.17, 15) is 22.0 Å². The molecule has 1 heterocycles. The number of nitrogens with one attached hydrogen (secondary N) is 1. The van der Waals surface area contributed by atoms with Crippen LogP contribution in [0, 0.1) is 11.6 Å². The number of halogens is 2. The van der Waals surface area contributed by atoms with Gasteiger partial charge >= 0.3 is 5.97 Å². The third kappa shape index (κ3) is 5.82. The highest BCUT2D eigenvalue weighted by molar-refractivity contribution is 7.89. The zero-order valence-corrected chi connectivity index (χ0v) is 15.6. The van der Waals surface area contributed by atoms with Gasteiger partial charge in [0.05, 0.1) is 22.0 Å². The number of thiazole rings is 1. The molecule has 2 aromatic rings. The molecule has 0 saturated heterocycles. The molecule has 0 unspecified atom stereocenters. The highest BCUT2D eigenvalue weighted by Crippen LogP contribution is 2.14. The van der Waals surface area contributed by atoms with Crippen molar-refractivity contribution in [2.45, 2.75) is 37.7 Å². The van der Waals surface area contributed by atoms with Crippen molar-refractivity contribution in [3.05, 3.63) is 45.9 Å². The molecular weight excluding hydrogens is 386 g/mol. The lowest BCUT2D eigenvalue weighted by Crippen LogP contribution is -2.27. The Hall–Kier alpha value is -1.91. The highest BCUT2D eigenvalue weighted by Gasteiger charge is 2.17. The van der Waals surface area contributed by atoms with Crippen LogP contribution in [-0.2, 0) is 32.6 Å². The average Bonchev–Trinajstić information content (AvgIpc) is 3.03. The fourth-order valence-corrected chi connectivity index (χ4v) is 3.91. The lowest BCUT2D eigenvalue weighted by Gasteiger charge is -2.07. The summed E-state index contributed by atoms with van der Waals surface area (Å²) < 4.78 is 57.1. The zero-order chi connectivity index (χ0) is 19.2. The number of benzene rings is 1. The SMILES string of the molecule is CCCc1nc(COC(=O)CCNS(=O)(=O)c2ccc(F)c(F)c2)cs1. The van der Waals surface area contributed by atoms with Crippen molar-refractivity contribution in [3.8, 4) is 0 Å². The van der Waals surface area contributed by atoms with Gasteiger partial charge in [-0.25, -0.2) is 26.9 Å². The molecule has 1 aromatic carbocycles. The summed E-state index contributed by atoms with van der Waals surface area (Å²) in [5.41, 5.74) is 0.647. The Labute approximate surface area is 154 Å². The molecule has 142 valence electrons. The maximum Gasteiger partial charge on any atom is 0.307 e. The smallest absolute Gasteiger partial charge is 0.307 e. The lowest BCUT2D eigenvalue weighted by molar-refractivity contribution is -0.144. The number of aromatic nitrogens is 1. The van der Waals surface area contributed by atoms with E-state index in [1.54, 1.807) is 0 Å². The van der Waals surface area contributed by atoms with Gasteiger partial charge in [0.15, 0.2) is 11.6 Å². The fourth-order valence-electron chi connectivity index (χ4n) is 1.99. The summed E-state index contributed by atoms with van der Waals surface area (Å²) in [6.45, 7) is 1.84. The minimum absolute atomic E-state index is 0.0228. The minimum atomic E-state index is -4.04. The number of aryl methyl sites for hydroxylation is 1. The maximum atomic E-state index is 13.1. The van der Waals surface area contributed by atoms with Crippen LogP contribution in [-0.4, -0.2) is 25.9 Å². The molecule has 0 aliphatic heterocycles. The average molecular weight is 404 g/mol. The van der Waals surface area contributed by atoms with Crippen molar-refractivity contribution in [1.82, 2.24) is 9.71 Å². The summed E-state index contributed by atoms with van der Waals surface area (Å²) in [5, 5.41) is 2.78. The van der Waals surface area contributed by atoms with Crippen molar-refractivity contribution in [2.75, 3.05) is 6.54 Å². The molecule has 0 bridgehead atoms. The van der Waals surface area contributed by atoms with Gasteiger partial charge in [-0.2, -0.15) is 0 Å². The summed E-state index contributed by atoms with van der Waals surface area (Å²) in [6, 6.07) is 2.24. The van der Waals surface area contributed by atoms with Gasteiger partial charge < -0.3 is 4.74 Å². The predicted octanol–water partition coefficient (Wildman–Crippen LogP) is 2.79. The molecule has 0 radical (unpaired) electrons. The molecule has 0 aliphatic rings. The van der Waals surface area contributed by atoms with E-state index in [1.807, 2.05) is 12.3 Å². The number of nitrogens with zero attached hydrogens (tertiary/aromatic N) is 1. The monoisotopic (exact) mass is 404 g/mol. The van der Waals surface area contributed by atoms with Gasteiger partial charge in [0, 0.05) is 11.9 Å². The number of hydrogen-bond donors (Lipinski definition) is 1. The Morgan fingerprint density at radius 1 is 1.31 bits per heavy atom. The summed E-state index contributed by atoms with van der Waals surface area (Å²) in [4.78, 5) is 15.6. The number of carbonyl (C=O) groups is 1. The quantitative estimate of drug-likeness (QED) is 0.650. The van der Waals surface area contributed by atoms with Crippen LogP contribution in [0.1, 0.15) is 30.5 Å². The van der Waals surface area contributed by atoms with Crippen molar-refractivity contribution in [1.29, 1.82) is 0 Å². The van der Waals surface area contributed by atoms with Gasteiger partial charge in [-0.1, -0.05) is 6.92 Å². The van der Waals surface area contributed by atoms with Crippen molar-refractivity contribution < 1.29 is 26.7 Å². The predicted molar refractivity (Wildman–Crippen MR) is 92.1 cm³/mol. The first kappa shape index (κ1) is 20.4. The first-order valence-electron chi connectivity index (χ1n) is 7.85. The molecule has 10 heteroatoms. The Kier molecular flexibility index (Phi) is 7.18. The van der Waals surface area contributed by atoms with Gasteiger partial charge in [-0.15, -0.1) is 11.3 Å². The summed E-state index contributed by atoms with van der Waals surface area (Å²) >= 11 is 1.50. The summed E-state index contributed by atoms with van der Waals surface area (Å²) in [7, 11) is -4.04. The van der Waals surface area contributed by atoms with Crippen LogP contribution in [0.2, 0.25) is 0 Å². The first-order valence-corrected chi connectivity index (χ1v) is 10.2. The third-order valence-corrected chi connectivity index (χ3v) is 5.68. The van der Waals surface area contributed by atoms with Gasteiger partial charge in [0.1, 0.15) is 6.61 Å². The largest absolute Gasteiger partial charge is 0.459 e. The molecule has 2 rings (SSSR count). The second kappa shape index (κ2) is 9.15. The standard InChI is InChI=1S/C16H18F2N2O4S2/c1-2-3-15-20-11(10-25-15)9-24-16(21)6-7-19-26(22,23)12-4-5-13(17)14(18)8-12/h4-5,8,10,19H,2-3,6-7,9H2,1H3. The van der Waals surface area contributed by atoms with E-state index in [1.165, 1.54) is 11.3 Å². The Morgan fingerprint density at radius 2 is 2.08 bits per heavy atom. The third-order valence-electron chi connectivity index (χ3n) is 3.27. The Balaban J connectivity index is 1.78. The zero-order valence-electron chi connectivity index (χ0n) is 14.0. The molecule has 0 atom stereocenters. The van der Waals surface area contributed by atoms with E-state index in [4.69, 9.17) is 4.74 Å². The van der Waals surface area contributed by atoms with Crippen LogP contribution in [0.15, 0.2) is 28.5 Å². The normalized spacial score (nSPS) is 11.5. The van der Waals surface area contributed by atoms with E-state index in [-0.39, 0.29) is 19.6 Å². The number of hydrogen-bond acceptors (Lipinski definition) is 6. The topological polar surface area (TPSA) is 85.4 Å². The first-order chi connectivity index (χ1) is 12.3. The second-order valence-corrected chi connectivity index (χ2v) is 8.08. The van der Waals surface area contributed by atoms with E-state index in [0.29, 0.717) is 11.8 Å². The number of sulfonamides is 1. The van der Waals surface area contributed by atoms with Crippen LogP contribution >= 0.6 is 11.3 Å². The lowest BCUT2D eigenvalue weighted by atomic mass is 10.3. The van der Waals surface area contributed by atoms with Crippen LogP contribution in [0.5, 0.6) is 0 Å². The second-order valence-electron chi connectivity index (χ2n) is 5.37. The summed E-state index contributed by atoms with van der Waals surface area (Å²) in [6.07, 6.45) is 1.64. The van der Waals surface area contributed by atoms with Crippen LogP contribution in [0.25, 0.3) is 0 Å². The maximum absolute atomic E-state index is 13.1. The molecule has 26 heavy (non-hydrogen) atoms. The van der Waals surface area contributed by atoms with E-state index >= 15 is 0 Å².